The van der Waals surface area contributed by atoms with Gasteiger partial charge >= 0.3 is 5.97 Å². The van der Waals surface area contributed by atoms with Crippen molar-refractivity contribution in [1.82, 2.24) is 9.21 Å². The van der Waals surface area contributed by atoms with E-state index in [1.165, 1.54) is 15.8 Å². The van der Waals surface area contributed by atoms with E-state index in [1.54, 1.807) is 4.90 Å². The molecule has 1 aromatic heterocycles. The van der Waals surface area contributed by atoms with E-state index >= 15 is 0 Å². The maximum Gasteiger partial charge on any atom is 0.350 e. The number of amides is 1. The number of carbonyl (C=O) groups excluding carboxylic acids is 2. The molecule has 0 N–H and O–H groups in total. The average Bonchev–Trinajstić information content (AvgIpc) is 3.30. The summed E-state index contributed by atoms with van der Waals surface area (Å²) in [5, 5.41) is 1.52. The molecule has 1 saturated carbocycles. The molecule has 12 heteroatoms. The van der Waals surface area contributed by atoms with Crippen LogP contribution in [0.3, 0.4) is 0 Å². The average molecular weight is 491 g/mol. The van der Waals surface area contributed by atoms with Crippen molar-refractivity contribution in [1.29, 1.82) is 0 Å². The topological polar surface area (TPSA) is 118 Å². The number of hydrogen-bond donors (Lipinski definition) is 0. The van der Waals surface area contributed by atoms with Gasteiger partial charge in [-0.25, -0.2) is 21.6 Å². The molecule has 1 aliphatic carbocycles. The first-order chi connectivity index (χ1) is 14.7. The molecule has 172 valence electrons. The van der Waals surface area contributed by atoms with E-state index in [0.29, 0.717) is 19.5 Å². The highest BCUT2D eigenvalue weighted by Crippen LogP contribution is 2.33. The summed E-state index contributed by atoms with van der Waals surface area (Å²) >= 11 is 0.968. The number of nitrogens with zero attached hydrogens (tertiary/aromatic N) is 2. The molecule has 1 unspecified atom stereocenters. The lowest BCUT2D eigenvalue weighted by Crippen LogP contribution is -2.44. The molecular formula is C19H26N2O7S3. The minimum Gasteiger partial charge on any atom is -0.451 e. The largest absolute Gasteiger partial charge is 0.451 e. The highest BCUT2D eigenvalue weighted by atomic mass is 32.2. The van der Waals surface area contributed by atoms with Crippen LogP contribution in [0, 0.1) is 0 Å². The van der Waals surface area contributed by atoms with Gasteiger partial charge in [-0.15, -0.1) is 11.3 Å². The van der Waals surface area contributed by atoms with Crippen molar-refractivity contribution < 1.29 is 31.2 Å². The van der Waals surface area contributed by atoms with Crippen LogP contribution in [0.1, 0.15) is 48.2 Å². The van der Waals surface area contributed by atoms with Gasteiger partial charge in [-0.3, -0.25) is 4.79 Å². The van der Waals surface area contributed by atoms with E-state index in [1.807, 2.05) is 0 Å². The molecule has 1 amide bonds. The van der Waals surface area contributed by atoms with Crippen LogP contribution in [-0.4, -0.2) is 81.2 Å². The van der Waals surface area contributed by atoms with Gasteiger partial charge in [0.25, 0.3) is 5.91 Å². The Labute approximate surface area is 186 Å². The number of piperidine rings is 1. The molecule has 9 nitrogen and oxygen atoms in total. The van der Waals surface area contributed by atoms with Crippen LogP contribution in [0.2, 0.25) is 0 Å². The zero-order chi connectivity index (χ0) is 22.2. The highest BCUT2D eigenvalue weighted by molar-refractivity contribution is 7.91. The lowest BCUT2D eigenvalue weighted by atomic mass is 10.2. The van der Waals surface area contributed by atoms with Crippen LogP contribution in [0.4, 0.5) is 0 Å². The second-order valence-corrected chi connectivity index (χ2v) is 13.3. The Morgan fingerprint density at radius 2 is 1.84 bits per heavy atom. The molecule has 1 atom stereocenters. The molecule has 0 radical (unpaired) electrons. The number of carbonyl (C=O) groups is 2. The molecule has 4 rings (SSSR count). The Hall–Kier alpha value is -1.50. The van der Waals surface area contributed by atoms with Gasteiger partial charge in [-0.2, -0.15) is 4.31 Å². The second-order valence-electron chi connectivity index (χ2n) is 8.24. The smallest absolute Gasteiger partial charge is 0.350 e. The number of rotatable bonds is 7. The minimum atomic E-state index is -3.80. The van der Waals surface area contributed by atoms with Crippen molar-refractivity contribution in [3.8, 4) is 0 Å². The van der Waals surface area contributed by atoms with E-state index in [0.717, 1.165) is 43.4 Å². The zero-order valence-corrected chi connectivity index (χ0v) is 19.5. The van der Waals surface area contributed by atoms with Gasteiger partial charge in [0.05, 0.1) is 11.5 Å². The number of thiophene rings is 1. The molecule has 3 fully saturated rings. The number of esters is 1. The van der Waals surface area contributed by atoms with Crippen molar-refractivity contribution in [3.63, 3.8) is 0 Å². The van der Waals surface area contributed by atoms with Crippen LogP contribution >= 0.6 is 11.3 Å². The quantitative estimate of drug-likeness (QED) is 0.528. The first kappa shape index (κ1) is 22.7. The molecule has 0 spiro atoms. The first-order valence-electron chi connectivity index (χ1n) is 10.5. The number of sulfonamides is 1. The summed E-state index contributed by atoms with van der Waals surface area (Å²) in [6, 6.07) is 0.995. The zero-order valence-electron chi connectivity index (χ0n) is 17.1. The van der Waals surface area contributed by atoms with Gasteiger partial charge in [-0.1, -0.05) is 6.42 Å². The highest BCUT2D eigenvalue weighted by Gasteiger charge is 2.42. The van der Waals surface area contributed by atoms with Crippen molar-refractivity contribution in [2.75, 3.05) is 31.2 Å². The summed E-state index contributed by atoms with van der Waals surface area (Å²) < 4.78 is 56.1. The molecule has 0 aromatic carbocycles. The molecular weight excluding hydrogens is 464 g/mol. The van der Waals surface area contributed by atoms with Crippen LogP contribution in [-0.2, 0) is 29.4 Å². The van der Waals surface area contributed by atoms with E-state index in [2.05, 4.69) is 0 Å². The predicted octanol–water partition coefficient (Wildman–Crippen LogP) is 1.26. The van der Waals surface area contributed by atoms with E-state index in [4.69, 9.17) is 4.74 Å². The maximum absolute atomic E-state index is 12.9. The minimum absolute atomic E-state index is 0.0127. The first-order valence-corrected chi connectivity index (χ1v) is 14.6. The predicted molar refractivity (Wildman–Crippen MR) is 114 cm³/mol. The van der Waals surface area contributed by atoms with Gasteiger partial charge < -0.3 is 9.64 Å². The van der Waals surface area contributed by atoms with Gasteiger partial charge in [0.15, 0.2) is 16.4 Å². The third kappa shape index (κ3) is 4.96. The van der Waals surface area contributed by atoms with Crippen molar-refractivity contribution >= 4 is 43.1 Å². The molecule has 3 aliphatic rings. The van der Waals surface area contributed by atoms with Crippen LogP contribution < -0.4 is 0 Å². The van der Waals surface area contributed by atoms with Crippen molar-refractivity contribution in [3.05, 3.63) is 16.3 Å². The van der Waals surface area contributed by atoms with Gasteiger partial charge in [0, 0.05) is 25.2 Å². The summed E-state index contributed by atoms with van der Waals surface area (Å²) in [6.07, 6.45) is 4.55. The molecule has 0 bridgehead atoms. The molecule has 3 heterocycles. The van der Waals surface area contributed by atoms with Crippen LogP contribution in [0.25, 0.3) is 0 Å². The lowest BCUT2D eigenvalue weighted by Gasteiger charge is -2.28. The lowest BCUT2D eigenvalue weighted by molar-refractivity contribution is -0.137. The van der Waals surface area contributed by atoms with Gasteiger partial charge in [-0.05, 0) is 43.6 Å². The Morgan fingerprint density at radius 1 is 1.13 bits per heavy atom. The Balaban J connectivity index is 1.42. The Kier molecular flexibility index (Phi) is 6.44. The van der Waals surface area contributed by atoms with Crippen LogP contribution in [0.5, 0.6) is 0 Å². The Bertz CT molecular complexity index is 1050. The number of hydrogen-bond acceptors (Lipinski definition) is 8. The van der Waals surface area contributed by atoms with E-state index in [9.17, 15) is 26.4 Å². The molecule has 31 heavy (non-hydrogen) atoms. The van der Waals surface area contributed by atoms with Gasteiger partial charge in [0.1, 0.15) is 9.77 Å². The third-order valence-corrected chi connectivity index (χ3v) is 10.6. The second kappa shape index (κ2) is 8.80. The monoisotopic (exact) mass is 490 g/mol. The molecule has 2 saturated heterocycles. The summed E-state index contributed by atoms with van der Waals surface area (Å²) in [7, 11) is -6.95. The summed E-state index contributed by atoms with van der Waals surface area (Å²) in [4.78, 5) is 26.8. The Morgan fingerprint density at radius 3 is 2.45 bits per heavy atom. The maximum atomic E-state index is 12.9. The van der Waals surface area contributed by atoms with Gasteiger partial charge in [0.2, 0.25) is 10.0 Å². The van der Waals surface area contributed by atoms with E-state index in [-0.39, 0.29) is 33.4 Å². The number of ether oxygens (including phenoxy) is 1. The summed E-state index contributed by atoms with van der Waals surface area (Å²) in [5.74, 6) is -1.30. The van der Waals surface area contributed by atoms with E-state index < -0.39 is 38.3 Å². The fourth-order valence-electron chi connectivity index (χ4n) is 4.21. The van der Waals surface area contributed by atoms with Crippen LogP contribution in [0.15, 0.2) is 16.3 Å². The fourth-order valence-corrected chi connectivity index (χ4v) is 8.73. The SMILES string of the molecule is O=C(OCC(=O)N(C1CC1)C1CCS(=O)(=O)C1)c1sccc1S(=O)(=O)N1CCCCC1. The number of sulfone groups is 1. The van der Waals surface area contributed by atoms with Crippen molar-refractivity contribution in [2.24, 2.45) is 0 Å². The molecule has 1 aromatic rings. The summed E-state index contributed by atoms with van der Waals surface area (Å²) in [6.45, 7) is 0.310. The summed E-state index contributed by atoms with van der Waals surface area (Å²) in [5.41, 5.74) is 0. The fraction of sp³-hybridized carbons (Fsp3) is 0.684. The standard InChI is InChI=1S/C19H26N2O7S3/c22-17(21(14-4-5-14)15-7-11-30(24,25)13-15)12-28-19(23)18-16(6-10-29-18)31(26,27)20-8-2-1-3-9-20/h6,10,14-15H,1-5,7-9,11-13H2. The van der Waals surface area contributed by atoms with Crippen molar-refractivity contribution in [2.45, 2.75) is 55.5 Å². The normalized spacial score (nSPS) is 24.1. The molecule has 2 aliphatic heterocycles. The third-order valence-electron chi connectivity index (χ3n) is 5.90.